The van der Waals surface area contributed by atoms with E-state index in [0.29, 0.717) is 23.6 Å². The van der Waals surface area contributed by atoms with Crippen molar-refractivity contribution in [2.75, 3.05) is 13.7 Å². The predicted molar refractivity (Wildman–Crippen MR) is 86.1 cm³/mol. The maximum Gasteiger partial charge on any atom is 0.263 e. The molecule has 1 heterocycles. The first kappa shape index (κ1) is 16.6. The highest BCUT2D eigenvalue weighted by Crippen LogP contribution is 2.18. The van der Waals surface area contributed by atoms with Gasteiger partial charge in [-0.2, -0.15) is 0 Å². The lowest BCUT2D eigenvalue weighted by molar-refractivity contribution is 0.0919. The number of aryl methyl sites for hydroxylation is 1. The van der Waals surface area contributed by atoms with Gasteiger partial charge in [0.1, 0.15) is 9.88 Å². The molecule has 0 bridgehead atoms. The number of carbonyl (C=O) groups excluding carboxylic acids is 1. The van der Waals surface area contributed by atoms with Crippen molar-refractivity contribution in [3.8, 4) is 0 Å². The van der Waals surface area contributed by atoms with Crippen molar-refractivity contribution < 1.29 is 14.6 Å². The molecule has 0 aliphatic carbocycles. The Morgan fingerprint density at radius 1 is 1.41 bits per heavy atom. The first-order valence-corrected chi connectivity index (χ1v) is 7.87. The van der Waals surface area contributed by atoms with Gasteiger partial charge in [0.2, 0.25) is 0 Å². The van der Waals surface area contributed by atoms with E-state index < -0.39 is 6.10 Å². The summed E-state index contributed by atoms with van der Waals surface area (Å²) in [7, 11) is 1.59. The van der Waals surface area contributed by atoms with E-state index in [2.05, 4.69) is 10.3 Å². The molecule has 0 saturated heterocycles. The number of thiazole rings is 1. The molecule has 2 aromatic rings. The van der Waals surface area contributed by atoms with Crippen LogP contribution in [0.3, 0.4) is 0 Å². The van der Waals surface area contributed by atoms with Crippen molar-refractivity contribution in [1.82, 2.24) is 10.3 Å². The standard InChI is InChI=1S/C16H20N2O3S/c1-11-15(22-14(18-11)10-21-2)16(20)17-9-13(19)8-12-6-4-3-5-7-12/h3-7,13,19H,8-10H2,1-2H3,(H,17,20). The fraction of sp³-hybridized carbons (Fsp3) is 0.375. The van der Waals surface area contributed by atoms with Gasteiger partial charge in [-0.05, 0) is 12.5 Å². The molecule has 0 aliphatic rings. The molecule has 1 atom stereocenters. The molecule has 1 amide bonds. The van der Waals surface area contributed by atoms with E-state index in [9.17, 15) is 9.90 Å². The first-order chi connectivity index (χ1) is 10.6. The minimum Gasteiger partial charge on any atom is -0.391 e. The third kappa shape index (κ3) is 4.62. The van der Waals surface area contributed by atoms with Gasteiger partial charge in [0.15, 0.2) is 0 Å². The van der Waals surface area contributed by atoms with Gasteiger partial charge in [-0.3, -0.25) is 4.79 Å². The second-order valence-electron chi connectivity index (χ2n) is 5.01. The van der Waals surface area contributed by atoms with Crippen LogP contribution in [-0.4, -0.2) is 35.8 Å². The summed E-state index contributed by atoms with van der Waals surface area (Å²) in [6, 6.07) is 9.70. The van der Waals surface area contributed by atoms with E-state index >= 15 is 0 Å². The number of hydrogen-bond acceptors (Lipinski definition) is 5. The molecular weight excluding hydrogens is 300 g/mol. The number of benzene rings is 1. The third-order valence-corrected chi connectivity index (χ3v) is 4.26. The van der Waals surface area contributed by atoms with Crippen LogP contribution in [0.25, 0.3) is 0 Å². The Morgan fingerprint density at radius 2 is 2.14 bits per heavy atom. The fourth-order valence-electron chi connectivity index (χ4n) is 2.10. The lowest BCUT2D eigenvalue weighted by Gasteiger charge is -2.11. The lowest BCUT2D eigenvalue weighted by Crippen LogP contribution is -2.33. The zero-order valence-corrected chi connectivity index (χ0v) is 13.5. The molecule has 1 aromatic heterocycles. The topological polar surface area (TPSA) is 71.5 Å². The third-order valence-electron chi connectivity index (χ3n) is 3.13. The van der Waals surface area contributed by atoms with Crippen molar-refractivity contribution >= 4 is 17.2 Å². The molecule has 118 valence electrons. The van der Waals surface area contributed by atoms with Gasteiger partial charge < -0.3 is 15.2 Å². The van der Waals surface area contributed by atoms with E-state index in [1.165, 1.54) is 11.3 Å². The molecule has 5 nitrogen and oxygen atoms in total. The lowest BCUT2D eigenvalue weighted by atomic mass is 10.1. The van der Waals surface area contributed by atoms with Crippen molar-refractivity contribution in [2.24, 2.45) is 0 Å². The van der Waals surface area contributed by atoms with Gasteiger partial charge in [0.25, 0.3) is 5.91 Å². The zero-order valence-electron chi connectivity index (χ0n) is 12.7. The Kier molecular flexibility index (Phi) is 6.06. The Morgan fingerprint density at radius 3 is 2.82 bits per heavy atom. The van der Waals surface area contributed by atoms with Crippen molar-refractivity contribution in [3.63, 3.8) is 0 Å². The number of hydrogen-bond donors (Lipinski definition) is 2. The number of amides is 1. The summed E-state index contributed by atoms with van der Waals surface area (Å²) in [5, 5.41) is 13.5. The fourth-order valence-corrected chi connectivity index (χ4v) is 3.05. The van der Waals surface area contributed by atoms with Crippen LogP contribution in [-0.2, 0) is 17.8 Å². The number of ether oxygens (including phenoxy) is 1. The Hall–Kier alpha value is -1.76. The number of carbonyl (C=O) groups is 1. The van der Waals surface area contributed by atoms with Gasteiger partial charge in [-0.15, -0.1) is 11.3 Å². The smallest absolute Gasteiger partial charge is 0.263 e. The summed E-state index contributed by atoms with van der Waals surface area (Å²) < 4.78 is 5.02. The van der Waals surface area contributed by atoms with Crippen LogP contribution in [0.4, 0.5) is 0 Å². The molecule has 2 N–H and O–H groups in total. The Balaban J connectivity index is 1.87. The first-order valence-electron chi connectivity index (χ1n) is 7.05. The quantitative estimate of drug-likeness (QED) is 0.818. The molecule has 2 rings (SSSR count). The van der Waals surface area contributed by atoms with Crippen LogP contribution in [0.5, 0.6) is 0 Å². The van der Waals surface area contributed by atoms with E-state index in [4.69, 9.17) is 4.74 Å². The van der Waals surface area contributed by atoms with Crippen LogP contribution < -0.4 is 5.32 Å². The second-order valence-corrected chi connectivity index (χ2v) is 6.09. The molecule has 0 fully saturated rings. The summed E-state index contributed by atoms with van der Waals surface area (Å²) in [6.45, 7) is 2.41. The predicted octanol–water partition coefficient (Wildman–Crippen LogP) is 1.93. The summed E-state index contributed by atoms with van der Waals surface area (Å²) >= 11 is 1.32. The van der Waals surface area contributed by atoms with Crippen molar-refractivity contribution in [3.05, 3.63) is 51.5 Å². The van der Waals surface area contributed by atoms with E-state index in [-0.39, 0.29) is 12.5 Å². The highest BCUT2D eigenvalue weighted by molar-refractivity contribution is 7.13. The Labute approximate surface area is 134 Å². The average molecular weight is 320 g/mol. The molecule has 0 spiro atoms. The van der Waals surface area contributed by atoms with Crippen LogP contribution in [0.15, 0.2) is 30.3 Å². The van der Waals surface area contributed by atoms with Gasteiger partial charge in [-0.1, -0.05) is 30.3 Å². The van der Waals surface area contributed by atoms with Crippen molar-refractivity contribution in [2.45, 2.75) is 26.1 Å². The van der Waals surface area contributed by atoms with Crippen LogP contribution in [0, 0.1) is 6.92 Å². The van der Waals surface area contributed by atoms with Gasteiger partial charge in [-0.25, -0.2) is 4.98 Å². The minimum atomic E-state index is -0.613. The molecule has 1 aromatic carbocycles. The van der Waals surface area contributed by atoms with E-state index in [0.717, 1.165) is 10.6 Å². The highest BCUT2D eigenvalue weighted by atomic mass is 32.1. The van der Waals surface area contributed by atoms with Crippen LogP contribution in [0.2, 0.25) is 0 Å². The molecule has 0 saturated carbocycles. The second kappa shape index (κ2) is 8.03. The minimum absolute atomic E-state index is 0.204. The molecule has 0 radical (unpaired) electrons. The number of aliphatic hydroxyl groups excluding tert-OH is 1. The van der Waals surface area contributed by atoms with Gasteiger partial charge in [0, 0.05) is 20.1 Å². The number of nitrogens with one attached hydrogen (secondary N) is 1. The zero-order chi connectivity index (χ0) is 15.9. The largest absolute Gasteiger partial charge is 0.391 e. The van der Waals surface area contributed by atoms with Gasteiger partial charge in [0.05, 0.1) is 18.4 Å². The van der Waals surface area contributed by atoms with Crippen LogP contribution in [0.1, 0.15) is 25.9 Å². The molecule has 22 heavy (non-hydrogen) atoms. The van der Waals surface area contributed by atoms with E-state index in [1.807, 2.05) is 30.3 Å². The molecular formula is C16H20N2O3S. The normalized spacial score (nSPS) is 12.1. The number of nitrogens with zero attached hydrogens (tertiary/aromatic N) is 1. The van der Waals surface area contributed by atoms with Crippen molar-refractivity contribution in [1.29, 1.82) is 0 Å². The average Bonchev–Trinajstić information content (AvgIpc) is 2.87. The van der Waals surface area contributed by atoms with Crippen LogP contribution >= 0.6 is 11.3 Å². The molecule has 1 unspecified atom stereocenters. The number of aliphatic hydroxyl groups is 1. The number of aromatic nitrogens is 1. The summed E-state index contributed by atoms with van der Waals surface area (Å²) in [5.41, 5.74) is 1.73. The summed E-state index contributed by atoms with van der Waals surface area (Å²) in [5.74, 6) is -0.204. The maximum absolute atomic E-state index is 12.1. The molecule has 0 aliphatic heterocycles. The SMILES string of the molecule is COCc1nc(C)c(C(=O)NCC(O)Cc2ccccc2)s1. The Bertz CT molecular complexity index is 613. The van der Waals surface area contributed by atoms with E-state index in [1.54, 1.807) is 14.0 Å². The van der Waals surface area contributed by atoms with Gasteiger partial charge >= 0.3 is 0 Å². The highest BCUT2D eigenvalue weighted by Gasteiger charge is 2.16. The number of rotatable bonds is 7. The summed E-state index contributed by atoms with van der Waals surface area (Å²) in [4.78, 5) is 17.0. The molecule has 6 heteroatoms. The monoisotopic (exact) mass is 320 g/mol. The summed E-state index contributed by atoms with van der Waals surface area (Å²) in [6.07, 6.45) is -0.101. The maximum atomic E-state index is 12.1. The number of methoxy groups -OCH3 is 1.